The first-order valence-electron chi connectivity index (χ1n) is 5.94. The Bertz CT molecular complexity index is 692. The van der Waals surface area contributed by atoms with E-state index in [1.807, 2.05) is 30.6 Å². The van der Waals surface area contributed by atoms with Crippen molar-refractivity contribution < 1.29 is 0 Å². The number of fused-ring (bicyclic) bond motifs is 1. The number of rotatable bonds is 1. The van der Waals surface area contributed by atoms with Crippen LogP contribution in [-0.2, 0) is 0 Å². The maximum Gasteiger partial charge on any atom is 0.0352 e. The largest absolute Gasteiger partial charge is 0.399 e. The number of aromatic nitrogens is 1. The van der Waals surface area contributed by atoms with Gasteiger partial charge in [-0.3, -0.25) is 4.98 Å². The molecule has 2 aromatic carbocycles. The monoisotopic (exact) mass is 234 g/mol. The lowest BCUT2D eigenvalue weighted by atomic mass is 9.98. The summed E-state index contributed by atoms with van der Waals surface area (Å²) in [5.74, 6) is 0. The van der Waals surface area contributed by atoms with Crippen LogP contribution in [0, 0.1) is 6.92 Å². The van der Waals surface area contributed by atoms with E-state index >= 15 is 0 Å². The summed E-state index contributed by atoms with van der Waals surface area (Å²) in [6.07, 6.45) is 3.72. The zero-order valence-electron chi connectivity index (χ0n) is 10.2. The van der Waals surface area contributed by atoms with Crippen molar-refractivity contribution in [1.82, 2.24) is 4.98 Å². The fourth-order valence-corrected chi connectivity index (χ4v) is 2.33. The van der Waals surface area contributed by atoms with E-state index in [0.717, 1.165) is 16.6 Å². The second-order valence-corrected chi connectivity index (χ2v) is 4.53. The van der Waals surface area contributed by atoms with Crippen molar-refractivity contribution in [1.29, 1.82) is 0 Å². The highest BCUT2D eigenvalue weighted by Gasteiger charge is 2.04. The molecule has 3 rings (SSSR count). The molecule has 2 N–H and O–H groups in total. The Morgan fingerprint density at radius 1 is 1.06 bits per heavy atom. The number of aryl methyl sites for hydroxylation is 1. The number of benzene rings is 2. The van der Waals surface area contributed by atoms with Crippen molar-refractivity contribution in [2.75, 3.05) is 5.73 Å². The Labute approximate surface area is 106 Å². The minimum absolute atomic E-state index is 0.797. The molecule has 18 heavy (non-hydrogen) atoms. The van der Waals surface area contributed by atoms with Gasteiger partial charge in [-0.15, -0.1) is 0 Å². The molecule has 0 unspecified atom stereocenters. The van der Waals surface area contributed by atoms with E-state index in [4.69, 9.17) is 5.73 Å². The highest BCUT2D eigenvalue weighted by Crippen LogP contribution is 2.29. The smallest absolute Gasteiger partial charge is 0.0352 e. The lowest BCUT2D eigenvalue weighted by molar-refractivity contribution is 1.36. The first-order valence-corrected chi connectivity index (χ1v) is 5.94. The van der Waals surface area contributed by atoms with Crippen LogP contribution in [0.4, 0.5) is 5.69 Å². The first kappa shape index (κ1) is 10.8. The number of pyridine rings is 1. The molecule has 0 atom stereocenters. The molecule has 0 bridgehead atoms. The number of hydrogen-bond acceptors (Lipinski definition) is 2. The van der Waals surface area contributed by atoms with Crippen LogP contribution in [0.15, 0.2) is 54.9 Å². The van der Waals surface area contributed by atoms with Gasteiger partial charge in [0.15, 0.2) is 0 Å². The van der Waals surface area contributed by atoms with Gasteiger partial charge in [-0.2, -0.15) is 0 Å². The molecule has 0 amide bonds. The van der Waals surface area contributed by atoms with Gasteiger partial charge in [0.1, 0.15) is 0 Å². The molecule has 0 fully saturated rings. The van der Waals surface area contributed by atoms with Crippen LogP contribution in [0.25, 0.3) is 21.9 Å². The molecule has 0 aliphatic heterocycles. The van der Waals surface area contributed by atoms with Gasteiger partial charge in [-0.1, -0.05) is 24.3 Å². The van der Waals surface area contributed by atoms with Crippen molar-refractivity contribution in [2.45, 2.75) is 6.92 Å². The van der Waals surface area contributed by atoms with E-state index < -0.39 is 0 Å². The average molecular weight is 234 g/mol. The van der Waals surface area contributed by atoms with Gasteiger partial charge in [0, 0.05) is 23.5 Å². The lowest BCUT2D eigenvalue weighted by Gasteiger charge is -2.08. The standard InChI is InChI=1S/C16H14N2/c1-11-7-13(9-14(17)8-11)15-4-2-3-12-5-6-18-10-16(12)15/h2-10H,17H2,1H3. The summed E-state index contributed by atoms with van der Waals surface area (Å²) >= 11 is 0. The molecule has 0 radical (unpaired) electrons. The minimum atomic E-state index is 0.797. The Hall–Kier alpha value is -2.35. The molecular formula is C16H14N2. The van der Waals surface area contributed by atoms with Gasteiger partial charge in [0.05, 0.1) is 0 Å². The lowest BCUT2D eigenvalue weighted by Crippen LogP contribution is -1.89. The maximum atomic E-state index is 5.93. The van der Waals surface area contributed by atoms with E-state index in [1.165, 1.54) is 16.5 Å². The molecule has 1 aromatic heterocycles. The van der Waals surface area contributed by atoms with Crippen LogP contribution in [-0.4, -0.2) is 4.98 Å². The summed E-state index contributed by atoms with van der Waals surface area (Å²) < 4.78 is 0. The molecule has 0 aliphatic carbocycles. The Morgan fingerprint density at radius 3 is 2.78 bits per heavy atom. The summed E-state index contributed by atoms with van der Waals surface area (Å²) in [4.78, 5) is 4.21. The third-order valence-corrected chi connectivity index (χ3v) is 3.09. The quantitative estimate of drug-likeness (QED) is 0.650. The Kier molecular flexibility index (Phi) is 2.49. The highest BCUT2D eigenvalue weighted by molar-refractivity contribution is 5.96. The third kappa shape index (κ3) is 1.82. The van der Waals surface area contributed by atoms with Crippen LogP contribution in [0.5, 0.6) is 0 Å². The molecule has 1 heterocycles. The van der Waals surface area contributed by atoms with Gasteiger partial charge >= 0.3 is 0 Å². The van der Waals surface area contributed by atoms with E-state index in [9.17, 15) is 0 Å². The predicted octanol–water partition coefficient (Wildman–Crippen LogP) is 3.79. The summed E-state index contributed by atoms with van der Waals surface area (Å²) in [6, 6.07) is 14.4. The van der Waals surface area contributed by atoms with Crippen molar-refractivity contribution in [3.8, 4) is 11.1 Å². The molecular weight excluding hydrogens is 220 g/mol. The van der Waals surface area contributed by atoms with Gasteiger partial charge in [0.2, 0.25) is 0 Å². The molecule has 3 aromatic rings. The van der Waals surface area contributed by atoms with Crippen molar-refractivity contribution in [2.24, 2.45) is 0 Å². The second-order valence-electron chi connectivity index (χ2n) is 4.53. The first-order chi connectivity index (χ1) is 8.74. The number of nitrogens with zero attached hydrogens (tertiary/aromatic N) is 1. The second kappa shape index (κ2) is 4.15. The van der Waals surface area contributed by atoms with E-state index in [-0.39, 0.29) is 0 Å². The average Bonchev–Trinajstić information content (AvgIpc) is 2.37. The topological polar surface area (TPSA) is 38.9 Å². The number of nitrogen functional groups attached to an aromatic ring is 1. The van der Waals surface area contributed by atoms with E-state index in [1.54, 1.807) is 0 Å². The summed E-state index contributed by atoms with van der Waals surface area (Å²) in [7, 11) is 0. The predicted molar refractivity (Wildman–Crippen MR) is 76.3 cm³/mol. The summed E-state index contributed by atoms with van der Waals surface area (Å²) in [6.45, 7) is 2.06. The van der Waals surface area contributed by atoms with Gasteiger partial charge in [0.25, 0.3) is 0 Å². The van der Waals surface area contributed by atoms with Crippen LogP contribution >= 0.6 is 0 Å². The van der Waals surface area contributed by atoms with Gasteiger partial charge < -0.3 is 5.73 Å². The molecule has 88 valence electrons. The zero-order valence-corrected chi connectivity index (χ0v) is 10.2. The molecule has 0 saturated heterocycles. The molecule has 0 spiro atoms. The van der Waals surface area contributed by atoms with Crippen molar-refractivity contribution >= 4 is 16.5 Å². The number of nitrogens with two attached hydrogens (primary N) is 1. The normalized spacial score (nSPS) is 10.7. The van der Waals surface area contributed by atoms with Gasteiger partial charge in [-0.05, 0) is 47.2 Å². The van der Waals surface area contributed by atoms with Crippen LogP contribution < -0.4 is 5.73 Å². The van der Waals surface area contributed by atoms with Crippen LogP contribution in [0.2, 0.25) is 0 Å². The fraction of sp³-hybridized carbons (Fsp3) is 0.0625. The van der Waals surface area contributed by atoms with E-state index in [0.29, 0.717) is 0 Å². The highest BCUT2D eigenvalue weighted by atomic mass is 14.6. The Balaban J connectivity index is 2.31. The van der Waals surface area contributed by atoms with Crippen LogP contribution in [0.1, 0.15) is 5.56 Å². The number of anilines is 1. The SMILES string of the molecule is Cc1cc(N)cc(-c2cccc3ccncc23)c1. The summed E-state index contributed by atoms with van der Waals surface area (Å²) in [5.41, 5.74) is 10.2. The zero-order chi connectivity index (χ0) is 12.5. The van der Waals surface area contributed by atoms with Crippen molar-refractivity contribution in [3.05, 3.63) is 60.4 Å². The number of hydrogen-bond donors (Lipinski definition) is 1. The van der Waals surface area contributed by atoms with Crippen molar-refractivity contribution in [3.63, 3.8) is 0 Å². The van der Waals surface area contributed by atoms with Crippen LogP contribution in [0.3, 0.4) is 0 Å². The van der Waals surface area contributed by atoms with Gasteiger partial charge in [-0.25, -0.2) is 0 Å². The maximum absolute atomic E-state index is 5.93. The Morgan fingerprint density at radius 2 is 1.94 bits per heavy atom. The molecule has 0 saturated carbocycles. The molecule has 2 nitrogen and oxygen atoms in total. The molecule has 0 aliphatic rings. The molecule has 2 heteroatoms. The van der Waals surface area contributed by atoms with E-state index in [2.05, 4.69) is 36.2 Å². The fourth-order valence-electron chi connectivity index (χ4n) is 2.33. The summed E-state index contributed by atoms with van der Waals surface area (Å²) in [5, 5.41) is 2.35. The minimum Gasteiger partial charge on any atom is -0.399 e. The third-order valence-electron chi connectivity index (χ3n) is 3.09.